The number of ether oxygens (including phenoxy) is 1. The molecule has 1 nitrogen and oxygen atoms in total. The third-order valence-corrected chi connectivity index (χ3v) is 5.20. The molecule has 0 aliphatic carbocycles. The summed E-state index contributed by atoms with van der Waals surface area (Å²) >= 11 is 3.93. The second-order valence-corrected chi connectivity index (χ2v) is 6.66. The fourth-order valence-electron chi connectivity index (χ4n) is 3.26. The summed E-state index contributed by atoms with van der Waals surface area (Å²) < 4.78 is 5.83. The van der Waals surface area contributed by atoms with Gasteiger partial charge in [-0.3, -0.25) is 0 Å². The lowest BCUT2D eigenvalue weighted by Crippen LogP contribution is -2.10. The minimum Gasteiger partial charge on any atom is -0.493 e. The molecule has 0 aromatic heterocycles. The molecule has 2 aromatic carbocycles. The first-order valence-electron chi connectivity index (χ1n) is 7.01. The lowest BCUT2D eigenvalue weighted by atomic mass is 9.88. The van der Waals surface area contributed by atoms with E-state index in [1.807, 2.05) is 6.07 Å². The first-order valence-corrected chi connectivity index (χ1v) is 7.93. The zero-order chi connectivity index (χ0) is 14.3. The molecule has 0 bridgehead atoms. The number of halogens is 1. The number of alkyl halides is 1. The molecule has 1 aliphatic heterocycles. The van der Waals surface area contributed by atoms with Crippen LogP contribution in [0, 0.1) is 20.8 Å². The maximum Gasteiger partial charge on any atom is 0.122 e. The zero-order valence-electron chi connectivity index (χ0n) is 12.1. The minimum absolute atomic E-state index is 0.298. The van der Waals surface area contributed by atoms with Crippen LogP contribution in [0.25, 0.3) is 0 Å². The maximum atomic E-state index is 5.83. The number of hydrogen-bond acceptors (Lipinski definition) is 1. The summed E-state index contributed by atoms with van der Waals surface area (Å²) in [6, 6.07) is 12.9. The number of fused-ring (bicyclic) bond motifs is 1. The molecular weight excluding hydrogens is 312 g/mol. The second-order valence-electron chi connectivity index (χ2n) is 5.67. The van der Waals surface area contributed by atoms with Gasteiger partial charge in [-0.05, 0) is 43.5 Å². The van der Waals surface area contributed by atoms with Crippen molar-refractivity contribution in [2.75, 3.05) is 6.61 Å². The van der Waals surface area contributed by atoms with E-state index in [-0.39, 0.29) is 0 Å². The lowest BCUT2D eigenvalue weighted by Gasteiger charge is -2.22. The van der Waals surface area contributed by atoms with Crippen LogP contribution < -0.4 is 4.74 Å². The average molecular weight is 331 g/mol. The van der Waals surface area contributed by atoms with Crippen LogP contribution in [0.4, 0.5) is 0 Å². The van der Waals surface area contributed by atoms with Gasteiger partial charge in [-0.15, -0.1) is 0 Å². The van der Waals surface area contributed by atoms with E-state index in [0.717, 1.165) is 12.4 Å². The van der Waals surface area contributed by atoms with Crippen LogP contribution in [-0.4, -0.2) is 6.61 Å². The van der Waals surface area contributed by atoms with Gasteiger partial charge in [0.25, 0.3) is 0 Å². The number of rotatable bonds is 2. The Bertz CT molecular complexity index is 625. The van der Waals surface area contributed by atoms with Crippen LogP contribution in [0.1, 0.15) is 38.6 Å². The van der Waals surface area contributed by atoms with Gasteiger partial charge in [0.2, 0.25) is 0 Å². The summed E-state index contributed by atoms with van der Waals surface area (Å²) in [6.45, 7) is 7.31. The van der Waals surface area contributed by atoms with Crippen molar-refractivity contribution in [3.63, 3.8) is 0 Å². The molecule has 1 heterocycles. The SMILES string of the molecule is Cc1cc(C)c(C(Br)C2COc3ccccc32)c(C)c1. The Kier molecular flexibility index (Phi) is 3.59. The van der Waals surface area contributed by atoms with Crippen molar-refractivity contribution < 1.29 is 4.74 Å². The van der Waals surface area contributed by atoms with Crippen LogP contribution in [0.3, 0.4) is 0 Å². The Morgan fingerprint density at radius 2 is 1.75 bits per heavy atom. The normalized spacial score (nSPS) is 18.5. The van der Waals surface area contributed by atoms with E-state index in [2.05, 4.69) is 67.0 Å². The van der Waals surface area contributed by atoms with Crippen molar-refractivity contribution in [2.24, 2.45) is 0 Å². The summed E-state index contributed by atoms with van der Waals surface area (Å²) in [5, 5.41) is 0. The molecule has 0 spiro atoms. The van der Waals surface area contributed by atoms with E-state index < -0.39 is 0 Å². The van der Waals surface area contributed by atoms with E-state index in [1.54, 1.807) is 0 Å². The molecule has 0 saturated carbocycles. The molecule has 0 fully saturated rings. The van der Waals surface area contributed by atoms with Gasteiger partial charge in [0.05, 0.1) is 11.4 Å². The Morgan fingerprint density at radius 1 is 1.10 bits per heavy atom. The predicted molar refractivity (Wildman–Crippen MR) is 87.0 cm³/mol. The highest BCUT2D eigenvalue weighted by molar-refractivity contribution is 9.09. The van der Waals surface area contributed by atoms with Crippen LogP contribution in [-0.2, 0) is 0 Å². The quantitative estimate of drug-likeness (QED) is 0.685. The topological polar surface area (TPSA) is 9.23 Å². The van der Waals surface area contributed by atoms with Gasteiger partial charge < -0.3 is 4.74 Å². The Labute approximate surface area is 129 Å². The van der Waals surface area contributed by atoms with Crippen molar-refractivity contribution in [1.82, 2.24) is 0 Å². The molecule has 2 heteroatoms. The minimum atomic E-state index is 0.298. The summed E-state index contributed by atoms with van der Waals surface area (Å²) in [4.78, 5) is 0.298. The fourth-order valence-corrected chi connectivity index (χ4v) is 4.42. The highest BCUT2D eigenvalue weighted by Gasteiger charge is 2.32. The smallest absolute Gasteiger partial charge is 0.122 e. The Morgan fingerprint density at radius 3 is 2.45 bits per heavy atom. The number of para-hydroxylation sites is 1. The van der Waals surface area contributed by atoms with Gasteiger partial charge in [-0.25, -0.2) is 0 Å². The van der Waals surface area contributed by atoms with Gasteiger partial charge >= 0.3 is 0 Å². The fraction of sp³-hybridized carbons (Fsp3) is 0.333. The van der Waals surface area contributed by atoms with E-state index >= 15 is 0 Å². The molecule has 0 N–H and O–H groups in total. The molecule has 104 valence electrons. The van der Waals surface area contributed by atoms with Crippen LogP contribution in [0.2, 0.25) is 0 Å². The van der Waals surface area contributed by atoms with Crippen LogP contribution in [0.15, 0.2) is 36.4 Å². The highest BCUT2D eigenvalue weighted by atomic mass is 79.9. The Hall–Kier alpha value is -1.28. The highest BCUT2D eigenvalue weighted by Crippen LogP contribution is 2.47. The van der Waals surface area contributed by atoms with Gasteiger partial charge in [0.15, 0.2) is 0 Å². The van der Waals surface area contributed by atoms with Crippen molar-refractivity contribution in [3.8, 4) is 5.75 Å². The summed E-state index contributed by atoms with van der Waals surface area (Å²) in [6.07, 6.45) is 0. The molecular formula is C18H19BrO. The molecule has 0 amide bonds. The van der Waals surface area contributed by atoms with E-state index in [4.69, 9.17) is 4.74 Å². The molecule has 2 aromatic rings. The molecule has 20 heavy (non-hydrogen) atoms. The summed E-state index contributed by atoms with van der Waals surface area (Å²) in [7, 11) is 0. The average Bonchev–Trinajstić information content (AvgIpc) is 2.81. The summed E-state index contributed by atoms with van der Waals surface area (Å²) in [5.41, 5.74) is 6.75. The van der Waals surface area contributed by atoms with Crippen molar-refractivity contribution >= 4 is 15.9 Å². The molecule has 1 aliphatic rings. The predicted octanol–water partition coefficient (Wildman–Crippen LogP) is 5.22. The monoisotopic (exact) mass is 330 g/mol. The molecule has 2 atom stereocenters. The first-order chi connectivity index (χ1) is 9.58. The van der Waals surface area contributed by atoms with Gasteiger partial charge in [0.1, 0.15) is 5.75 Å². The molecule has 3 rings (SSSR count). The standard InChI is InChI=1S/C18H19BrO/c1-11-8-12(2)17(13(3)9-11)18(19)15-10-20-16-7-5-4-6-14(15)16/h4-9,15,18H,10H2,1-3H3. The first kappa shape index (κ1) is 13.7. The largest absolute Gasteiger partial charge is 0.493 e. The van der Waals surface area contributed by atoms with Crippen molar-refractivity contribution in [3.05, 3.63) is 64.2 Å². The van der Waals surface area contributed by atoms with Crippen LogP contribution in [0.5, 0.6) is 5.75 Å². The van der Waals surface area contributed by atoms with Gasteiger partial charge in [-0.2, -0.15) is 0 Å². The van der Waals surface area contributed by atoms with E-state index in [9.17, 15) is 0 Å². The lowest BCUT2D eigenvalue weighted by molar-refractivity contribution is 0.329. The number of hydrogen-bond donors (Lipinski definition) is 0. The van der Waals surface area contributed by atoms with Crippen molar-refractivity contribution in [1.29, 1.82) is 0 Å². The Balaban J connectivity index is 2.01. The van der Waals surface area contributed by atoms with Gasteiger partial charge in [0, 0.05) is 11.5 Å². The van der Waals surface area contributed by atoms with Gasteiger partial charge in [-0.1, -0.05) is 51.8 Å². The number of benzene rings is 2. The number of aryl methyl sites for hydroxylation is 3. The van der Waals surface area contributed by atoms with E-state index in [1.165, 1.54) is 27.8 Å². The third-order valence-electron chi connectivity index (χ3n) is 4.10. The molecule has 2 unspecified atom stereocenters. The third kappa shape index (κ3) is 2.26. The molecule has 0 saturated heterocycles. The zero-order valence-corrected chi connectivity index (χ0v) is 13.7. The maximum absolute atomic E-state index is 5.83. The van der Waals surface area contributed by atoms with Crippen LogP contribution >= 0.6 is 15.9 Å². The van der Waals surface area contributed by atoms with E-state index in [0.29, 0.717) is 10.7 Å². The molecule has 0 radical (unpaired) electrons. The summed E-state index contributed by atoms with van der Waals surface area (Å²) in [5.74, 6) is 1.41. The second kappa shape index (κ2) is 5.25. The van der Waals surface area contributed by atoms with Crippen molar-refractivity contribution in [2.45, 2.75) is 31.5 Å².